The molecule has 3 rings (SSSR count). The fraction of sp³-hybridized carbons (Fsp3) is 0.533. The lowest BCUT2D eigenvalue weighted by Gasteiger charge is -2.36. The predicted octanol–water partition coefficient (Wildman–Crippen LogP) is 1.61. The molecule has 0 aliphatic carbocycles. The molecule has 2 aromatic rings. The summed E-state index contributed by atoms with van der Waals surface area (Å²) in [4.78, 5) is 0. The molecular formula is C15H21N3O3. The SMILES string of the molecule is Cc1ccc(-c2[nH]ncc2CNC2(CO)CCOCC2)o1. The van der Waals surface area contributed by atoms with Crippen molar-refractivity contribution in [2.75, 3.05) is 19.8 Å². The fourth-order valence-electron chi connectivity index (χ4n) is 2.66. The zero-order valence-electron chi connectivity index (χ0n) is 12.2. The molecule has 21 heavy (non-hydrogen) atoms. The van der Waals surface area contributed by atoms with E-state index in [9.17, 15) is 5.11 Å². The van der Waals surface area contributed by atoms with E-state index >= 15 is 0 Å². The average molecular weight is 291 g/mol. The molecule has 3 N–H and O–H groups in total. The Hall–Kier alpha value is -1.63. The Kier molecular flexibility index (Phi) is 4.10. The zero-order chi connectivity index (χ0) is 14.7. The molecule has 0 saturated carbocycles. The van der Waals surface area contributed by atoms with Crippen LogP contribution < -0.4 is 5.32 Å². The van der Waals surface area contributed by atoms with Crippen LogP contribution in [0.3, 0.4) is 0 Å². The quantitative estimate of drug-likeness (QED) is 0.779. The smallest absolute Gasteiger partial charge is 0.152 e. The van der Waals surface area contributed by atoms with Crippen molar-refractivity contribution in [2.45, 2.75) is 31.8 Å². The van der Waals surface area contributed by atoms with Gasteiger partial charge in [-0.25, -0.2) is 0 Å². The van der Waals surface area contributed by atoms with Gasteiger partial charge in [-0.05, 0) is 31.9 Å². The maximum absolute atomic E-state index is 9.70. The first kappa shape index (κ1) is 14.3. The van der Waals surface area contributed by atoms with Crippen LogP contribution in [-0.2, 0) is 11.3 Å². The minimum absolute atomic E-state index is 0.114. The Bertz CT molecular complexity index is 585. The number of furan rings is 1. The molecule has 6 nitrogen and oxygen atoms in total. The second-order valence-electron chi connectivity index (χ2n) is 5.58. The number of aliphatic hydroxyl groups is 1. The van der Waals surface area contributed by atoms with E-state index in [0.29, 0.717) is 19.8 Å². The lowest BCUT2D eigenvalue weighted by Crippen LogP contribution is -2.51. The number of hydrogen-bond donors (Lipinski definition) is 3. The van der Waals surface area contributed by atoms with E-state index in [-0.39, 0.29) is 12.1 Å². The summed E-state index contributed by atoms with van der Waals surface area (Å²) in [6.07, 6.45) is 3.43. The van der Waals surface area contributed by atoms with Crippen LogP contribution in [0.1, 0.15) is 24.2 Å². The van der Waals surface area contributed by atoms with Gasteiger partial charge in [0.05, 0.1) is 12.8 Å². The fourth-order valence-corrected chi connectivity index (χ4v) is 2.66. The van der Waals surface area contributed by atoms with Gasteiger partial charge in [0.1, 0.15) is 11.5 Å². The van der Waals surface area contributed by atoms with Gasteiger partial charge in [0, 0.05) is 30.9 Å². The van der Waals surface area contributed by atoms with Crippen LogP contribution in [0, 0.1) is 6.92 Å². The molecule has 2 aromatic heterocycles. The highest BCUT2D eigenvalue weighted by atomic mass is 16.5. The number of nitrogens with zero attached hydrogens (tertiary/aromatic N) is 1. The first-order chi connectivity index (χ1) is 10.2. The number of rotatable bonds is 5. The van der Waals surface area contributed by atoms with Crippen molar-refractivity contribution in [3.8, 4) is 11.5 Å². The summed E-state index contributed by atoms with van der Waals surface area (Å²) in [5, 5.41) is 20.3. The average Bonchev–Trinajstić information content (AvgIpc) is 3.14. The Morgan fingerprint density at radius 3 is 2.86 bits per heavy atom. The van der Waals surface area contributed by atoms with E-state index in [4.69, 9.17) is 9.15 Å². The van der Waals surface area contributed by atoms with Crippen molar-refractivity contribution in [3.63, 3.8) is 0 Å². The Morgan fingerprint density at radius 1 is 1.38 bits per heavy atom. The van der Waals surface area contributed by atoms with Gasteiger partial charge < -0.3 is 19.6 Å². The van der Waals surface area contributed by atoms with Crippen LogP contribution >= 0.6 is 0 Å². The summed E-state index contributed by atoms with van der Waals surface area (Å²) in [5.74, 6) is 1.65. The maximum Gasteiger partial charge on any atom is 0.152 e. The molecule has 0 aromatic carbocycles. The van der Waals surface area contributed by atoms with E-state index in [1.54, 1.807) is 6.20 Å². The summed E-state index contributed by atoms with van der Waals surface area (Å²) < 4.78 is 11.0. The van der Waals surface area contributed by atoms with E-state index in [0.717, 1.165) is 35.6 Å². The van der Waals surface area contributed by atoms with Gasteiger partial charge in [-0.3, -0.25) is 5.10 Å². The number of ether oxygens (including phenoxy) is 1. The van der Waals surface area contributed by atoms with E-state index in [2.05, 4.69) is 15.5 Å². The van der Waals surface area contributed by atoms with Crippen molar-refractivity contribution >= 4 is 0 Å². The lowest BCUT2D eigenvalue weighted by atomic mass is 9.90. The van der Waals surface area contributed by atoms with Crippen LogP contribution in [0.4, 0.5) is 0 Å². The summed E-state index contributed by atoms with van der Waals surface area (Å²) in [7, 11) is 0. The standard InChI is InChI=1S/C15H21N3O3/c1-11-2-3-13(21-11)14-12(9-17-18-14)8-16-15(10-19)4-6-20-7-5-15/h2-3,9,16,19H,4-8,10H2,1H3,(H,17,18). The molecule has 0 amide bonds. The summed E-state index contributed by atoms with van der Waals surface area (Å²) >= 11 is 0. The Balaban J connectivity index is 1.72. The van der Waals surface area contributed by atoms with Crippen LogP contribution in [0.25, 0.3) is 11.5 Å². The van der Waals surface area contributed by atoms with Crippen molar-refractivity contribution < 1.29 is 14.3 Å². The number of aromatic amines is 1. The normalized spacial score (nSPS) is 18.0. The molecule has 0 spiro atoms. The van der Waals surface area contributed by atoms with Crippen LogP contribution in [0.2, 0.25) is 0 Å². The molecule has 1 saturated heterocycles. The van der Waals surface area contributed by atoms with Crippen LogP contribution in [0.15, 0.2) is 22.7 Å². The van der Waals surface area contributed by atoms with Crippen LogP contribution in [-0.4, -0.2) is 40.7 Å². The summed E-state index contributed by atoms with van der Waals surface area (Å²) in [5.41, 5.74) is 1.66. The van der Waals surface area contributed by atoms with Gasteiger partial charge in [0.25, 0.3) is 0 Å². The third-order valence-electron chi connectivity index (χ3n) is 4.11. The minimum Gasteiger partial charge on any atom is -0.460 e. The highest BCUT2D eigenvalue weighted by Crippen LogP contribution is 2.25. The molecule has 1 fully saturated rings. The molecule has 1 aliphatic rings. The molecule has 0 bridgehead atoms. The molecule has 0 radical (unpaired) electrons. The van der Waals surface area contributed by atoms with Gasteiger partial charge >= 0.3 is 0 Å². The molecule has 0 atom stereocenters. The van der Waals surface area contributed by atoms with Crippen molar-refractivity contribution in [3.05, 3.63) is 29.7 Å². The largest absolute Gasteiger partial charge is 0.460 e. The zero-order valence-corrected chi connectivity index (χ0v) is 12.2. The first-order valence-electron chi connectivity index (χ1n) is 7.25. The van der Waals surface area contributed by atoms with Gasteiger partial charge in [0.2, 0.25) is 0 Å². The van der Waals surface area contributed by atoms with Gasteiger partial charge in [-0.1, -0.05) is 0 Å². The topological polar surface area (TPSA) is 83.3 Å². The van der Waals surface area contributed by atoms with Gasteiger partial charge in [0.15, 0.2) is 5.76 Å². The minimum atomic E-state index is -0.258. The van der Waals surface area contributed by atoms with E-state index in [1.165, 1.54) is 0 Å². The molecule has 6 heteroatoms. The second-order valence-corrected chi connectivity index (χ2v) is 5.58. The van der Waals surface area contributed by atoms with Gasteiger partial charge in [-0.2, -0.15) is 5.10 Å². The van der Waals surface area contributed by atoms with Crippen molar-refractivity contribution in [2.24, 2.45) is 0 Å². The number of aliphatic hydroxyl groups excluding tert-OH is 1. The number of aromatic nitrogens is 2. The number of hydrogen-bond acceptors (Lipinski definition) is 5. The van der Waals surface area contributed by atoms with E-state index < -0.39 is 0 Å². The predicted molar refractivity (Wildman–Crippen MR) is 77.7 cm³/mol. The third-order valence-corrected chi connectivity index (χ3v) is 4.11. The molecular weight excluding hydrogens is 270 g/mol. The number of H-pyrrole nitrogens is 1. The Morgan fingerprint density at radius 2 is 2.19 bits per heavy atom. The highest BCUT2D eigenvalue weighted by molar-refractivity contribution is 5.56. The second kappa shape index (κ2) is 6.01. The van der Waals surface area contributed by atoms with Crippen molar-refractivity contribution in [1.82, 2.24) is 15.5 Å². The first-order valence-corrected chi connectivity index (χ1v) is 7.25. The summed E-state index contributed by atoms with van der Waals surface area (Å²) in [6.45, 7) is 4.03. The maximum atomic E-state index is 9.70. The number of nitrogens with one attached hydrogen (secondary N) is 2. The lowest BCUT2D eigenvalue weighted by molar-refractivity contribution is 0.0112. The van der Waals surface area contributed by atoms with Crippen LogP contribution in [0.5, 0.6) is 0 Å². The monoisotopic (exact) mass is 291 g/mol. The molecule has 114 valence electrons. The van der Waals surface area contributed by atoms with E-state index in [1.807, 2.05) is 19.1 Å². The summed E-state index contributed by atoms with van der Waals surface area (Å²) in [6, 6.07) is 3.86. The number of aryl methyl sites for hydroxylation is 1. The third kappa shape index (κ3) is 3.02. The van der Waals surface area contributed by atoms with Gasteiger partial charge in [-0.15, -0.1) is 0 Å². The Labute approximate surface area is 123 Å². The molecule has 0 unspecified atom stereocenters. The molecule has 1 aliphatic heterocycles. The highest BCUT2D eigenvalue weighted by Gasteiger charge is 2.31. The molecule has 3 heterocycles. The van der Waals surface area contributed by atoms with Crippen molar-refractivity contribution in [1.29, 1.82) is 0 Å².